The number of hydrogen-bond donors (Lipinski definition) is 4. The Balaban J connectivity index is 1.48. The van der Waals surface area contributed by atoms with Crippen LogP contribution in [-0.2, 0) is 12.8 Å². The van der Waals surface area contributed by atoms with Crippen molar-refractivity contribution in [3.63, 3.8) is 0 Å². The van der Waals surface area contributed by atoms with E-state index in [1.54, 1.807) is 26.2 Å². The molecule has 32 heavy (non-hydrogen) atoms. The summed E-state index contributed by atoms with van der Waals surface area (Å²) in [6.45, 7) is 1.36. The highest BCUT2D eigenvalue weighted by Gasteiger charge is 2.05. The van der Waals surface area contributed by atoms with E-state index in [0.717, 1.165) is 35.6 Å². The molecule has 2 aromatic carbocycles. The second-order valence-corrected chi connectivity index (χ2v) is 7.20. The van der Waals surface area contributed by atoms with Gasteiger partial charge < -0.3 is 21.3 Å². The van der Waals surface area contributed by atoms with Gasteiger partial charge in [-0.05, 0) is 48.2 Å². The molecule has 4 N–H and O–H groups in total. The molecule has 0 bridgehead atoms. The topological polar surface area (TPSA) is 108 Å². The Hall–Kier alpha value is -3.94. The number of aromatic nitrogens is 2. The van der Waals surface area contributed by atoms with Gasteiger partial charge in [-0.2, -0.15) is 0 Å². The molecule has 1 aromatic heterocycles. The molecular weight excluding hydrogens is 404 g/mol. The zero-order valence-electron chi connectivity index (χ0n) is 18.3. The molecule has 0 radical (unpaired) electrons. The number of anilines is 2. The Morgan fingerprint density at radius 3 is 1.62 bits per heavy atom. The van der Waals surface area contributed by atoms with Crippen LogP contribution >= 0.6 is 0 Å². The minimum absolute atomic E-state index is 0.0910. The predicted octanol–water partition coefficient (Wildman–Crippen LogP) is 2.50. The first-order valence-corrected chi connectivity index (χ1v) is 10.5. The molecule has 0 unspecified atom stereocenters. The fourth-order valence-electron chi connectivity index (χ4n) is 3.25. The van der Waals surface area contributed by atoms with Crippen molar-refractivity contribution < 1.29 is 9.59 Å². The number of nitrogens with one attached hydrogen (secondary N) is 4. The first-order valence-electron chi connectivity index (χ1n) is 10.5. The molecule has 3 rings (SSSR count). The summed E-state index contributed by atoms with van der Waals surface area (Å²) in [5.74, 6) is 1.27. The van der Waals surface area contributed by atoms with E-state index in [9.17, 15) is 9.59 Å². The Morgan fingerprint density at radius 2 is 1.19 bits per heavy atom. The summed E-state index contributed by atoms with van der Waals surface area (Å²) in [4.78, 5) is 32.1. The molecule has 0 saturated heterocycles. The van der Waals surface area contributed by atoms with E-state index >= 15 is 0 Å². The zero-order chi connectivity index (χ0) is 22.8. The van der Waals surface area contributed by atoms with Gasteiger partial charge in [0.2, 0.25) is 0 Å². The van der Waals surface area contributed by atoms with Gasteiger partial charge in [-0.1, -0.05) is 24.3 Å². The second kappa shape index (κ2) is 11.5. The number of hydrogen-bond acceptors (Lipinski definition) is 6. The van der Waals surface area contributed by atoms with E-state index in [1.165, 1.54) is 6.33 Å². The second-order valence-electron chi connectivity index (χ2n) is 7.20. The Morgan fingerprint density at radius 1 is 0.719 bits per heavy atom. The fraction of sp³-hybridized carbons (Fsp3) is 0.250. The van der Waals surface area contributed by atoms with Crippen molar-refractivity contribution >= 4 is 23.5 Å². The van der Waals surface area contributed by atoms with Crippen LogP contribution in [0.3, 0.4) is 0 Å². The first-order chi connectivity index (χ1) is 15.6. The van der Waals surface area contributed by atoms with Gasteiger partial charge in [0.25, 0.3) is 11.8 Å². The molecule has 2 amide bonds. The van der Waals surface area contributed by atoms with Crippen LogP contribution in [0.5, 0.6) is 0 Å². The van der Waals surface area contributed by atoms with E-state index < -0.39 is 0 Å². The number of nitrogens with zero attached hydrogens (tertiary/aromatic N) is 2. The lowest BCUT2D eigenvalue weighted by atomic mass is 10.1. The summed E-state index contributed by atoms with van der Waals surface area (Å²) in [5, 5.41) is 11.9. The molecule has 3 aromatic rings. The third-order valence-electron chi connectivity index (χ3n) is 4.94. The molecule has 0 aliphatic heterocycles. The number of benzene rings is 2. The number of amides is 2. The van der Waals surface area contributed by atoms with Crippen molar-refractivity contribution in [1.29, 1.82) is 0 Å². The van der Waals surface area contributed by atoms with Gasteiger partial charge in [0.1, 0.15) is 18.0 Å². The average molecular weight is 433 g/mol. The number of carbonyl (C=O) groups excluding carboxylic acids is 2. The van der Waals surface area contributed by atoms with Crippen LogP contribution in [-0.4, -0.2) is 49.0 Å². The van der Waals surface area contributed by atoms with Crippen LogP contribution in [0.25, 0.3) is 0 Å². The SMILES string of the molecule is CNC(=O)c1cccc(CCNc2cc(NCCc3cccc(C(=O)NC)c3)ncn2)c1. The van der Waals surface area contributed by atoms with Crippen molar-refractivity contribution in [1.82, 2.24) is 20.6 Å². The smallest absolute Gasteiger partial charge is 0.251 e. The summed E-state index contributed by atoms with van der Waals surface area (Å²) in [6.07, 6.45) is 3.04. The van der Waals surface area contributed by atoms with Crippen LogP contribution in [0.15, 0.2) is 60.9 Å². The highest BCUT2D eigenvalue weighted by atomic mass is 16.2. The van der Waals surface area contributed by atoms with Crippen molar-refractivity contribution in [3.05, 3.63) is 83.2 Å². The minimum Gasteiger partial charge on any atom is -0.370 e. The van der Waals surface area contributed by atoms with E-state index in [0.29, 0.717) is 24.2 Å². The van der Waals surface area contributed by atoms with Crippen molar-refractivity contribution in [3.8, 4) is 0 Å². The van der Waals surface area contributed by atoms with E-state index in [4.69, 9.17) is 0 Å². The maximum Gasteiger partial charge on any atom is 0.251 e. The van der Waals surface area contributed by atoms with Gasteiger partial charge in [-0.3, -0.25) is 9.59 Å². The largest absolute Gasteiger partial charge is 0.370 e. The lowest BCUT2D eigenvalue weighted by molar-refractivity contribution is 0.0955. The fourth-order valence-corrected chi connectivity index (χ4v) is 3.25. The summed E-state index contributed by atoms with van der Waals surface area (Å²) in [6, 6.07) is 17.0. The van der Waals surface area contributed by atoms with E-state index in [1.807, 2.05) is 42.5 Å². The maximum absolute atomic E-state index is 11.8. The monoisotopic (exact) mass is 432 g/mol. The normalized spacial score (nSPS) is 10.3. The van der Waals surface area contributed by atoms with Gasteiger partial charge in [0, 0.05) is 44.4 Å². The molecule has 0 aliphatic rings. The summed E-state index contributed by atoms with van der Waals surface area (Å²) in [5.41, 5.74) is 3.45. The van der Waals surface area contributed by atoms with Gasteiger partial charge in [-0.15, -0.1) is 0 Å². The molecule has 8 heteroatoms. The Bertz CT molecular complexity index is 989. The lowest BCUT2D eigenvalue weighted by Crippen LogP contribution is -2.18. The van der Waals surface area contributed by atoms with Gasteiger partial charge in [-0.25, -0.2) is 9.97 Å². The minimum atomic E-state index is -0.0910. The van der Waals surface area contributed by atoms with Crippen molar-refractivity contribution in [2.24, 2.45) is 0 Å². The Kier molecular flexibility index (Phi) is 8.14. The van der Waals surface area contributed by atoms with Gasteiger partial charge >= 0.3 is 0 Å². The van der Waals surface area contributed by atoms with Crippen molar-refractivity contribution in [2.75, 3.05) is 37.8 Å². The molecule has 0 aliphatic carbocycles. The van der Waals surface area contributed by atoms with Crippen LogP contribution in [0.4, 0.5) is 11.6 Å². The highest BCUT2D eigenvalue weighted by Crippen LogP contribution is 2.11. The van der Waals surface area contributed by atoms with Crippen LogP contribution < -0.4 is 21.3 Å². The highest BCUT2D eigenvalue weighted by molar-refractivity contribution is 5.94. The molecule has 1 heterocycles. The molecule has 8 nitrogen and oxygen atoms in total. The molecule has 0 atom stereocenters. The third-order valence-corrected chi connectivity index (χ3v) is 4.94. The Labute approximate surface area is 187 Å². The zero-order valence-corrected chi connectivity index (χ0v) is 18.3. The lowest BCUT2D eigenvalue weighted by Gasteiger charge is -2.10. The van der Waals surface area contributed by atoms with Crippen LogP contribution in [0.1, 0.15) is 31.8 Å². The summed E-state index contributed by atoms with van der Waals surface area (Å²) >= 11 is 0. The molecular formula is C24H28N6O2. The third kappa shape index (κ3) is 6.53. The van der Waals surface area contributed by atoms with Crippen LogP contribution in [0.2, 0.25) is 0 Å². The quantitative estimate of drug-likeness (QED) is 0.392. The summed E-state index contributed by atoms with van der Waals surface area (Å²) in [7, 11) is 3.25. The molecule has 0 fully saturated rings. The molecule has 0 saturated carbocycles. The predicted molar refractivity (Wildman–Crippen MR) is 126 cm³/mol. The van der Waals surface area contributed by atoms with Gasteiger partial charge in [0.05, 0.1) is 0 Å². The standard InChI is InChI=1S/C24H28N6O2/c1-25-23(31)19-7-3-5-17(13-19)9-11-27-21-15-22(30-16-29-21)28-12-10-18-6-4-8-20(14-18)24(32)26-2/h3-8,13-16H,9-12H2,1-2H3,(H,25,31)(H,26,32)(H2,27,28,29,30). The van der Waals surface area contributed by atoms with E-state index in [2.05, 4.69) is 31.2 Å². The number of rotatable bonds is 10. The van der Waals surface area contributed by atoms with E-state index in [-0.39, 0.29) is 11.8 Å². The molecule has 0 spiro atoms. The summed E-state index contributed by atoms with van der Waals surface area (Å²) < 4.78 is 0. The van der Waals surface area contributed by atoms with Gasteiger partial charge in [0.15, 0.2) is 0 Å². The first kappa shape index (κ1) is 22.7. The number of carbonyl (C=O) groups is 2. The maximum atomic E-state index is 11.8. The molecule has 166 valence electrons. The van der Waals surface area contributed by atoms with Crippen LogP contribution in [0, 0.1) is 0 Å². The average Bonchev–Trinajstić information content (AvgIpc) is 2.83. The van der Waals surface area contributed by atoms with Crippen molar-refractivity contribution in [2.45, 2.75) is 12.8 Å².